The Hall–Kier alpha value is -1.84. The van der Waals surface area contributed by atoms with E-state index in [2.05, 4.69) is 0 Å². The fourth-order valence-corrected chi connectivity index (χ4v) is 1.80. The first-order valence-corrected chi connectivity index (χ1v) is 7.41. The minimum atomic E-state index is -0.618. The molecule has 0 unspecified atom stereocenters. The Morgan fingerprint density at radius 1 is 1.00 bits per heavy atom. The first kappa shape index (κ1) is 18.2. The Bertz CT molecular complexity index is 559. The van der Waals surface area contributed by atoms with Crippen molar-refractivity contribution in [3.05, 3.63) is 34.9 Å². The maximum atomic E-state index is 12.4. The number of aryl methyl sites for hydroxylation is 1. The van der Waals surface area contributed by atoms with E-state index in [0.29, 0.717) is 5.56 Å². The highest BCUT2D eigenvalue weighted by molar-refractivity contribution is 6.04. The summed E-state index contributed by atoms with van der Waals surface area (Å²) in [5.41, 5.74) is 0.467. The van der Waals surface area contributed by atoms with Gasteiger partial charge in [0.25, 0.3) is 0 Å². The molecule has 0 radical (unpaired) electrons. The molecule has 0 aromatic heterocycles. The zero-order valence-electron chi connectivity index (χ0n) is 14.6. The molecular weight excluding hydrogens is 280 g/mol. The average Bonchev–Trinajstić information content (AvgIpc) is 2.32. The molecule has 1 aromatic carbocycles. The lowest BCUT2D eigenvalue weighted by atomic mass is 9.98. The summed E-state index contributed by atoms with van der Waals surface area (Å²) in [6, 6.07) is 5.10. The lowest BCUT2D eigenvalue weighted by Crippen LogP contribution is -2.26. The van der Waals surface area contributed by atoms with Gasteiger partial charge in [-0.25, -0.2) is 9.59 Å². The van der Waals surface area contributed by atoms with Crippen molar-refractivity contribution < 1.29 is 19.1 Å². The normalized spacial score (nSPS) is 12.0. The van der Waals surface area contributed by atoms with Gasteiger partial charge in [0.2, 0.25) is 0 Å². The Balaban J connectivity index is 3.09. The Morgan fingerprint density at radius 2 is 1.59 bits per heavy atom. The lowest BCUT2D eigenvalue weighted by Gasteiger charge is -2.22. The molecule has 0 aliphatic heterocycles. The third-order valence-electron chi connectivity index (χ3n) is 2.73. The van der Waals surface area contributed by atoms with Gasteiger partial charge in [0.05, 0.1) is 17.7 Å². The van der Waals surface area contributed by atoms with E-state index in [0.717, 1.165) is 0 Å². The fraction of sp³-hybridized carbons (Fsp3) is 0.556. The molecule has 0 aliphatic rings. The lowest BCUT2D eigenvalue weighted by molar-refractivity contribution is 0.00621. The van der Waals surface area contributed by atoms with Gasteiger partial charge in [0, 0.05) is 0 Å². The second-order valence-corrected chi connectivity index (χ2v) is 7.64. The second-order valence-electron chi connectivity index (χ2n) is 7.64. The maximum absolute atomic E-state index is 12.4. The van der Waals surface area contributed by atoms with E-state index in [-0.39, 0.29) is 23.1 Å². The molecule has 0 bridgehead atoms. The van der Waals surface area contributed by atoms with E-state index in [1.54, 1.807) is 45.9 Å². The van der Waals surface area contributed by atoms with Crippen molar-refractivity contribution in [1.82, 2.24) is 0 Å². The molecule has 0 spiro atoms. The van der Waals surface area contributed by atoms with Crippen molar-refractivity contribution in [2.75, 3.05) is 6.61 Å². The number of ether oxygens (including phenoxy) is 2. The smallest absolute Gasteiger partial charge is 0.339 e. The molecular formula is C18H26O4. The van der Waals surface area contributed by atoms with Crippen LogP contribution in [0, 0.1) is 12.3 Å². The minimum absolute atomic E-state index is 0.134. The molecule has 22 heavy (non-hydrogen) atoms. The third-order valence-corrected chi connectivity index (χ3v) is 2.73. The van der Waals surface area contributed by atoms with Gasteiger partial charge in [-0.1, -0.05) is 32.9 Å². The molecule has 0 amide bonds. The quantitative estimate of drug-likeness (QED) is 0.787. The van der Waals surface area contributed by atoms with Crippen LogP contribution in [0.4, 0.5) is 0 Å². The van der Waals surface area contributed by atoms with Gasteiger partial charge in [-0.2, -0.15) is 0 Å². The Kier molecular flexibility index (Phi) is 5.39. The van der Waals surface area contributed by atoms with Crippen molar-refractivity contribution in [3.8, 4) is 0 Å². The number of rotatable bonds is 3. The van der Waals surface area contributed by atoms with Crippen LogP contribution in [0.5, 0.6) is 0 Å². The highest BCUT2D eigenvalue weighted by Crippen LogP contribution is 2.21. The summed E-state index contributed by atoms with van der Waals surface area (Å²) in [7, 11) is 0. The average molecular weight is 306 g/mol. The molecule has 0 aliphatic carbocycles. The molecule has 122 valence electrons. The van der Waals surface area contributed by atoms with Crippen LogP contribution in [-0.2, 0) is 9.47 Å². The molecule has 1 aromatic rings. The minimum Gasteiger partial charge on any atom is -0.462 e. The Labute approximate surface area is 132 Å². The molecule has 4 heteroatoms. The van der Waals surface area contributed by atoms with Gasteiger partial charge in [-0.15, -0.1) is 0 Å². The number of benzene rings is 1. The van der Waals surface area contributed by atoms with Crippen molar-refractivity contribution in [2.45, 2.75) is 54.1 Å². The largest absolute Gasteiger partial charge is 0.462 e. The van der Waals surface area contributed by atoms with Gasteiger partial charge in [-0.3, -0.25) is 0 Å². The van der Waals surface area contributed by atoms with Gasteiger partial charge in [0.15, 0.2) is 0 Å². The summed E-state index contributed by atoms with van der Waals surface area (Å²) in [6.45, 7) is 13.4. The zero-order chi connectivity index (χ0) is 17.1. The fourth-order valence-electron chi connectivity index (χ4n) is 1.80. The van der Waals surface area contributed by atoms with Crippen LogP contribution in [0.2, 0.25) is 0 Å². The number of esters is 2. The van der Waals surface area contributed by atoms with E-state index >= 15 is 0 Å². The van der Waals surface area contributed by atoms with E-state index in [1.165, 1.54) is 0 Å². The van der Waals surface area contributed by atoms with Crippen LogP contribution in [0.1, 0.15) is 67.8 Å². The highest BCUT2D eigenvalue weighted by atomic mass is 16.6. The molecule has 0 saturated carbocycles. The summed E-state index contributed by atoms with van der Waals surface area (Å²) in [6.07, 6.45) is 0. The van der Waals surface area contributed by atoms with Crippen LogP contribution in [0.3, 0.4) is 0 Å². The molecule has 0 heterocycles. The summed E-state index contributed by atoms with van der Waals surface area (Å²) in [5, 5.41) is 0. The van der Waals surface area contributed by atoms with Crippen molar-refractivity contribution in [1.29, 1.82) is 0 Å². The van der Waals surface area contributed by atoms with Gasteiger partial charge in [0.1, 0.15) is 5.60 Å². The number of carbonyl (C=O) groups is 2. The van der Waals surface area contributed by atoms with E-state index in [4.69, 9.17) is 9.47 Å². The summed E-state index contributed by atoms with van der Waals surface area (Å²) >= 11 is 0. The molecule has 4 nitrogen and oxygen atoms in total. The molecule has 1 rings (SSSR count). The highest BCUT2D eigenvalue weighted by Gasteiger charge is 2.26. The first-order chi connectivity index (χ1) is 9.91. The van der Waals surface area contributed by atoms with Gasteiger partial charge in [-0.05, 0) is 44.7 Å². The van der Waals surface area contributed by atoms with Crippen LogP contribution < -0.4 is 0 Å². The molecule has 0 N–H and O–H groups in total. The number of hydrogen-bond acceptors (Lipinski definition) is 4. The summed E-state index contributed by atoms with van der Waals surface area (Å²) in [4.78, 5) is 24.7. The molecule has 0 atom stereocenters. The van der Waals surface area contributed by atoms with E-state index in [1.807, 2.05) is 20.8 Å². The predicted molar refractivity (Wildman–Crippen MR) is 86.1 cm³/mol. The summed E-state index contributed by atoms with van der Waals surface area (Å²) < 4.78 is 10.7. The van der Waals surface area contributed by atoms with Gasteiger partial charge < -0.3 is 9.47 Å². The topological polar surface area (TPSA) is 52.6 Å². The van der Waals surface area contributed by atoms with Crippen LogP contribution >= 0.6 is 0 Å². The van der Waals surface area contributed by atoms with Gasteiger partial charge >= 0.3 is 11.9 Å². The predicted octanol–water partition coefficient (Wildman–Crippen LogP) is 4.15. The van der Waals surface area contributed by atoms with Crippen molar-refractivity contribution in [3.63, 3.8) is 0 Å². The second kappa shape index (κ2) is 6.51. The van der Waals surface area contributed by atoms with Crippen LogP contribution in [0.25, 0.3) is 0 Å². The van der Waals surface area contributed by atoms with E-state index in [9.17, 15) is 9.59 Å². The molecule has 0 fully saturated rings. The van der Waals surface area contributed by atoms with Crippen molar-refractivity contribution >= 4 is 11.9 Å². The van der Waals surface area contributed by atoms with Crippen LogP contribution in [0.15, 0.2) is 18.2 Å². The van der Waals surface area contributed by atoms with Crippen LogP contribution in [-0.4, -0.2) is 24.1 Å². The number of carbonyl (C=O) groups excluding carboxylic acids is 2. The molecule has 0 saturated heterocycles. The first-order valence-electron chi connectivity index (χ1n) is 7.41. The summed E-state index contributed by atoms with van der Waals surface area (Å²) in [5.74, 6) is -1.01. The zero-order valence-corrected chi connectivity index (χ0v) is 14.6. The Morgan fingerprint density at radius 3 is 2.09 bits per heavy atom. The van der Waals surface area contributed by atoms with Crippen molar-refractivity contribution in [2.24, 2.45) is 5.41 Å². The monoisotopic (exact) mass is 306 g/mol. The number of hydrogen-bond donors (Lipinski definition) is 0. The third kappa shape index (κ3) is 5.51. The maximum Gasteiger partial charge on any atom is 0.339 e. The standard InChI is InChI=1S/C18H26O4/c1-12-9-8-10-13(15(19)22-18(5,6)7)14(12)16(20)21-11-17(2,3)4/h8-10H,11H2,1-7H3. The van der Waals surface area contributed by atoms with E-state index < -0.39 is 17.5 Å². The SMILES string of the molecule is Cc1cccc(C(=O)OC(C)(C)C)c1C(=O)OCC(C)(C)C.